The number of carbonyl (C=O) groups excluding carboxylic acids is 1. The Balaban J connectivity index is 1.70. The highest BCUT2D eigenvalue weighted by Gasteiger charge is 2.26. The molecule has 0 radical (unpaired) electrons. The molecule has 0 N–H and O–H groups in total. The van der Waals surface area contributed by atoms with Gasteiger partial charge in [-0.3, -0.25) is 0 Å². The lowest BCUT2D eigenvalue weighted by molar-refractivity contribution is 0.0834. The van der Waals surface area contributed by atoms with Gasteiger partial charge in [-0.2, -0.15) is 0 Å². The van der Waals surface area contributed by atoms with Crippen LogP contribution in [0, 0.1) is 0 Å². The Bertz CT molecular complexity index is 717. The summed E-state index contributed by atoms with van der Waals surface area (Å²) < 4.78 is 5.52. The molecule has 1 heterocycles. The van der Waals surface area contributed by atoms with Crippen LogP contribution < -0.4 is 0 Å². The largest absolute Gasteiger partial charge is 0.445 e. The van der Waals surface area contributed by atoms with E-state index in [0.29, 0.717) is 5.02 Å². The van der Waals surface area contributed by atoms with Gasteiger partial charge in [0.05, 0.1) is 6.04 Å². The Morgan fingerprint density at radius 3 is 2.58 bits per heavy atom. The number of amides is 1. The summed E-state index contributed by atoms with van der Waals surface area (Å²) in [6.45, 7) is 3.21. The van der Waals surface area contributed by atoms with Crippen molar-refractivity contribution in [2.75, 3.05) is 26.7 Å². The molecular weight excluding hydrogens is 348 g/mol. The third-order valence-electron chi connectivity index (χ3n) is 4.82. The van der Waals surface area contributed by atoms with Gasteiger partial charge in [-0.25, -0.2) is 4.79 Å². The van der Waals surface area contributed by atoms with Crippen LogP contribution in [0.4, 0.5) is 4.79 Å². The van der Waals surface area contributed by atoms with Crippen LogP contribution in [0.25, 0.3) is 0 Å². The zero-order valence-electron chi connectivity index (χ0n) is 15.1. The highest BCUT2D eigenvalue weighted by molar-refractivity contribution is 6.30. The standard InChI is InChI=1S/C21H25ClN2O2/c1-23(21(25)26-16-17-8-3-2-4-9-17)20(15-24-12-5-6-13-24)18-10-7-11-19(22)14-18/h2-4,7-11,14,20H,5-6,12-13,15-16H2,1H3. The maximum Gasteiger partial charge on any atom is 0.410 e. The lowest BCUT2D eigenvalue weighted by Gasteiger charge is -2.31. The maximum absolute atomic E-state index is 12.6. The molecule has 0 saturated carbocycles. The molecule has 26 heavy (non-hydrogen) atoms. The number of likely N-dealkylation sites (tertiary alicyclic amines) is 1. The van der Waals surface area contributed by atoms with Crippen molar-refractivity contribution >= 4 is 17.7 Å². The Kier molecular flexibility index (Phi) is 6.53. The van der Waals surface area contributed by atoms with Crippen LogP contribution in [0.1, 0.15) is 30.0 Å². The van der Waals surface area contributed by atoms with E-state index in [2.05, 4.69) is 4.90 Å². The molecule has 0 bridgehead atoms. The van der Waals surface area contributed by atoms with Crippen molar-refractivity contribution in [1.29, 1.82) is 0 Å². The number of carbonyl (C=O) groups is 1. The average molecular weight is 373 g/mol. The number of likely N-dealkylation sites (N-methyl/N-ethyl adjacent to an activating group) is 1. The van der Waals surface area contributed by atoms with Crippen LogP contribution in [0.3, 0.4) is 0 Å². The number of hydrogen-bond acceptors (Lipinski definition) is 3. The first-order valence-electron chi connectivity index (χ1n) is 9.05. The molecule has 0 aliphatic carbocycles. The Morgan fingerprint density at radius 2 is 1.88 bits per heavy atom. The van der Waals surface area contributed by atoms with E-state index in [4.69, 9.17) is 16.3 Å². The highest BCUT2D eigenvalue weighted by Crippen LogP contribution is 2.26. The average Bonchev–Trinajstić information content (AvgIpc) is 3.18. The maximum atomic E-state index is 12.6. The molecule has 4 nitrogen and oxygen atoms in total. The molecule has 1 aliphatic heterocycles. The van der Waals surface area contributed by atoms with Crippen molar-refractivity contribution in [2.45, 2.75) is 25.5 Å². The number of ether oxygens (including phenoxy) is 1. The van der Waals surface area contributed by atoms with E-state index < -0.39 is 0 Å². The molecule has 0 aromatic heterocycles. The van der Waals surface area contributed by atoms with Gasteiger partial charge < -0.3 is 14.5 Å². The molecule has 2 aromatic carbocycles. The van der Waals surface area contributed by atoms with Crippen molar-refractivity contribution in [2.24, 2.45) is 0 Å². The number of hydrogen-bond donors (Lipinski definition) is 0. The minimum Gasteiger partial charge on any atom is -0.445 e. The van der Waals surface area contributed by atoms with Crippen LogP contribution in [-0.4, -0.2) is 42.6 Å². The second kappa shape index (κ2) is 9.06. The lowest BCUT2D eigenvalue weighted by atomic mass is 10.1. The normalized spacial score (nSPS) is 15.6. The number of rotatable bonds is 6. The number of nitrogens with zero attached hydrogens (tertiary/aromatic N) is 2. The smallest absolute Gasteiger partial charge is 0.410 e. The second-order valence-electron chi connectivity index (χ2n) is 6.73. The topological polar surface area (TPSA) is 32.8 Å². The summed E-state index contributed by atoms with van der Waals surface area (Å²) in [4.78, 5) is 16.7. The van der Waals surface area contributed by atoms with Crippen LogP contribution in [0.15, 0.2) is 54.6 Å². The fraction of sp³-hybridized carbons (Fsp3) is 0.381. The number of benzene rings is 2. The molecule has 2 aromatic rings. The van der Waals surface area contributed by atoms with E-state index >= 15 is 0 Å². The fourth-order valence-electron chi connectivity index (χ4n) is 3.32. The first-order chi connectivity index (χ1) is 12.6. The Hall–Kier alpha value is -2.04. The van der Waals surface area contributed by atoms with E-state index in [-0.39, 0.29) is 18.7 Å². The van der Waals surface area contributed by atoms with Crippen LogP contribution in [-0.2, 0) is 11.3 Å². The van der Waals surface area contributed by atoms with E-state index in [1.807, 2.05) is 54.6 Å². The van der Waals surface area contributed by atoms with E-state index in [1.54, 1.807) is 11.9 Å². The molecule has 1 amide bonds. The predicted octanol–water partition coefficient (Wildman–Crippen LogP) is 4.75. The first-order valence-corrected chi connectivity index (χ1v) is 9.42. The van der Waals surface area contributed by atoms with Gasteiger partial charge >= 0.3 is 6.09 Å². The summed E-state index contributed by atoms with van der Waals surface area (Å²) in [6, 6.07) is 17.4. The van der Waals surface area contributed by atoms with Gasteiger partial charge in [0.2, 0.25) is 0 Å². The zero-order chi connectivity index (χ0) is 18.4. The van der Waals surface area contributed by atoms with Crippen molar-refractivity contribution in [3.63, 3.8) is 0 Å². The SMILES string of the molecule is CN(C(=O)OCc1ccccc1)C(CN1CCCC1)c1cccc(Cl)c1. The summed E-state index contributed by atoms with van der Waals surface area (Å²) in [6.07, 6.45) is 2.10. The molecule has 1 unspecified atom stereocenters. The molecule has 0 spiro atoms. The first kappa shape index (κ1) is 18.7. The van der Waals surface area contributed by atoms with Gasteiger partial charge in [-0.15, -0.1) is 0 Å². The lowest BCUT2D eigenvalue weighted by Crippen LogP contribution is -2.38. The summed E-state index contributed by atoms with van der Waals surface area (Å²) in [5.74, 6) is 0. The van der Waals surface area contributed by atoms with Gasteiger partial charge in [0.1, 0.15) is 6.61 Å². The van der Waals surface area contributed by atoms with E-state index in [9.17, 15) is 4.79 Å². The monoisotopic (exact) mass is 372 g/mol. The van der Waals surface area contributed by atoms with Gasteiger partial charge in [0, 0.05) is 18.6 Å². The van der Waals surface area contributed by atoms with E-state index in [1.165, 1.54) is 12.8 Å². The highest BCUT2D eigenvalue weighted by atomic mass is 35.5. The van der Waals surface area contributed by atoms with Crippen LogP contribution in [0.2, 0.25) is 5.02 Å². The zero-order valence-corrected chi connectivity index (χ0v) is 15.9. The van der Waals surface area contributed by atoms with Crippen molar-refractivity contribution < 1.29 is 9.53 Å². The predicted molar refractivity (Wildman–Crippen MR) is 104 cm³/mol. The number of halogens is 1. The third kappa shape index (κ3) is 4.99. The Morgan fingerprint density at radius 1 is 1.15 bits per heavy atom. The fourth-order valence-corrected chi connectivity index (χ4v) is 3.52. The summed E-state index contributed by atoms with van der Waals surface area (Å²) in [5, 5.41) is 0.681. The summed E-state index contributed by atoms with van der Waals surface area (Å²) >= 11 is 6.18. The summed E-state index contributed by atoms with van der Waals surface area (Å²) in [5.41, 5.74) is 2.01. The Labute approximate surface area is 160 Å². The van der Waals surface area contributed by atoms with Crippen molar-refractivity contribution in [3.05, 3.63) is 70.7 Å². The molecule has 1 fully saturated rings. The summed E-state index contributed by atoms with van der Waals surface area (Å²) in [7, 11) is 1.80. The minimum absolute atomic E-state index is 0.0879. The van der Waals surface area contributed by atoms with Crippen molar-refractivity contribution in [1.82, 2.24) is 9.80 Å². The molecule has 1 aliphatic rings. The van der Waals surface area contributed by atoms with Gasteiger partial charge in [0.15, 0.2) is 0 Å². The minimum atomic E-state index is -0.321. The second-order valence-corrected chi connectivity index (χ2v) is 7.17. The van der Waals surface area contributed by atoms with E-state index in [0.717, 1.165) is 30.8 Å². The molecule has 138 valence electrons. The molecular formula is C21H25ClN2O2. The van der Waals surface area contributed by atoms with Crippen LogP contribution in [0.5, 0.6) is 0 Å². The third-order valence-corrected chi connectivity index (χ3v) is 5.06. The molecule has 3 rings (SSSR count). The quantitative estimate of drug-likeness (QED) is 0.733. The molecule has 5 heteroatoms. The van der Waals surface area contributed by atoms with Gasteiger partial charge in [-0.05, 0) is 49.2 Å². The van der Waals surface area contributed by atoms with Crippen molar-refractivity contribution in [3.8, 4) is 0 Å². The van der Waals surface area contributed by atoms with Crippen LogP contribution >= 0.6 is 11.6 Å². The molecule has 1 saturated heterocycles. The van der Waals surface area contributed by atoms with Gasteiger partial charge in [-0.1, -0.05) is 54.1 Å². The van der Waals surface area contributed by atoms with Gasteiger partial charge in [0.25, 0.3) is 0 Å². The molecule has 1 atom stereocenters.